The summed E-state index contributed by atoms with van der Waals surface area (Å²) in [6.45, 7) is 2.62. The molecule has 3 rings (SSSR count). The number of carbonyl (C=O) groups excluding carboxylic acids is 1. The summed E-state index contributed by atoms with van der Waals surface area (Å²) in [4.78, 5) is 41.1. The van der Waals surface area contributed by atoms with Crippen LogP contribution in [0.3, 0.4) is 0 Å². The van der Waals surface area contributed by atoms with Crippen molar-refractivity contribution in [1.82, 2.24) is 19.8 Å². The maximum Gasteiger partial charge on any atom is 0.329 e. The second-order valence-corrected chi connectivity index (χ2v) is 5.35. The molecule has 2 N–H and O–H groups in total. The average Bonchev–Trinajstić information content (AvgIpc) is 2.80. The number of rotatable bonds is 2. The van der Waals surface area contributed by atoms with Gasteiger partial charge in [0.25, 0.3) is 5.56 Å². The number of hydrogen-bond donors (Lipinski definition) is 2. The molecule has 124 valence electrons. The molecule has 23 heavy (non-hydrogen) atoms. The number of hydrogen-bond acceptors (Lipinski definition) is 4. The van der Waals surface area contributed by atoms with Crippen LogP contribution in [0.1, 0.15) is 6.42 Å². The first-order valence-electron chi connectivity index (χ1n) is 7.37. The molecule has 1 aliphatic heterocycles. The minimum absolute atomic E-state index is 0. The zero-order valence-corrected chi connectivity index (χ0v) is 13.4. The molecule has 1 fully saturated rings. The van der Waals surface area contributed by atoms with Crippen molar-refractivity contribution in [3.8, 4) is 0 Å². The number of aromatic nitrogens is 2. The fourth-order valence-electron chi connectivity index (χ4n) is 2.67. The van der Waals surface area contributed by atoms with Crippen LogP contribution in [0.25, 0.3) is 10.9 Å². The number of amides is 1. The van der Waals surface area contributed by atoms with Gasteiger partial charge in [0.2, 0.25) is 5.91 Å². The largest absolute Gasteiger partial charge is 0.340 e. The summed E-state index contributed by atoms with van der Waals surface area (Å²) in [7, 11) is 0. The number of carbonyl (C=O) groups is 1. The van der Waals surface area contributed by atoms with Crippen LogP contribution in [0.5, 0.6) is 0 Å². The highest BCUT2D eigenvalue weighted by molar-refractivity contribution is 5.85. The van der Waals surface area contributed by atoms with E-state index in [1.807, 2.05) is 0 Å². The molecular formula is C15H19ClN4O3. The van der Waals surface area contributed by atoms with Crippen molar-refractivity contribution in [1.29, 1.82) is 0 Å². The van der Waals surface area contributed by atoms with Gasteiger partial charge in [-0.2, -0.15) is 0 Å². The quantitative estimate of drug-likeness (QED) is 0.802. The summed E-state index contributed by atoms with van der Waals surface area (Å²) in [6.07, 6.45) is 0.870. The molecule has 0 saturated carbocycles. The van der Waals surface area contributed by atoms with E-state index in [-0.39, 0.29) is 24.9 Å². The minimum Gasteiger partial charge on any atom is -0.340 e. The van der Waals surface area contributed by atoms with Crippen LogP contribution in [0.15, 0.2) is 33.9 Å². The van der Waals surface area contributed by atoms with E-state index < -0.39 is 11.2 Å². The summed E-state index contributed by atoms with van der Waals surface area (Å²) in [5.74, 6) is -0.202. The highest BCUT2D eigenvalue weighted by atomic mass is 35.5. The van der Waals surface area contributed by atoms with E-state index in [2.05, 4.69) is 10.3 Å². The standard InChI is InChI=1S/C15H18N4O3.ClH/c20-13(18-8-3-6-16-7-9-18)10-19-14(21)11-4-1-2-5-12(11)17-15(19)22;/h1-2,4-5,16H,3,6-10H2,(H,17,22);1H. The van der Waals surface area contributed by atoms with Gasteiger partial charge in [-0.05, 0) is 25.1 Å². The fraction of sp³-hybridized carbons (Fsp3) is 0.400. The molecule has 2 aromatic rings. The molecule has 0 bridgehead atoms. The number of aromatic amines is 1. The van der Waals surface area contributed by atoms with Gasteiger partial charge >= 0.3 is 5.69 Å². The lowest BCUT2D eigenvalue weighted by Gasteiger charge is -2.20. The van der Waals surface area contributed by atoms with E-state index in [9.17, 15) is 14.4 Å². The Labute approximate surface area is 138 Å². The monoisotopic (exact) mass is 338 g/mol. The molecule has 1 amide bonds. The van der Waals surface area contributed by atoms with Crippen molar-refractivity contribution >= 4 is 29.2 Å². The van der Waals surface area contributed by atoms with Crippen molar-refractivity contribution in [2.45, 2.75) is 13.0 Å². The summed E-state index contributed by atoms with van der Waals surface area (Å²) in [5.41, 5.74) is -0.495. The Morgan fingerprint density at radius 3 is 2.74 bits per heavy atom. The van der Waals surface area contributed by atoms with Gasteiger partial charge in [-0.15, -0.1) is 12.4 Å². The maximum absolute atomic E-state index is 12.4. The first kappa shape index (κ1) is 17.2. The van der Waals surface area contributed by atoms with Crippen LogP contribution in [0.4, 0.5) is 0 Å². The van der Waals surface area contributed by atoms with E-state index in [1.54, 1.807) is 29.2 Å². The van der Waals surface area contributed by atoms with Gasteiger partial charge in [-0.25, -0.2) is 4.79 Å². The van der Waals surface area contributed by atoms with E-state index in [1.165, 1.54) is 0 Å². The van der Waals surface area contributed by atoms with Crippen molar-refractivity contribution in [2.24, 2.45) is 0 Å². The van der Waals surface area contributed by atoms with Crippen LogP contribution in [0, 0.1) is 0 Å². The number of nitrogens with one attached hydrogen (secondary N) is 2. The summed E-state index contributed by atoms with van der Waals surface area (Å²) in [5, 5.41) is 3.62. The lowest BCUT2D eigenvalue weighted by Crippen LogP contribution is -2.43. The molecule has 1 aromatic carbocycles. The normalized spacial score (nSPS) is 15.0. The van der Waals surface area contributed by atoms with Gasteiger partial charge in [-0.1, -0.05) is 12.1 Å². The Morgan fingerprint density at radius 2 is 1.91 bits per heavy atom. The molecule has 0 spiro atoms. The smallest absolute Gasteiger partial charge is 0.329 e. The maximum atomic E-state index is 12.4. The molecular weight excluding hydrogens is 320 g/mol. The average molecular weight is 339 g/mol. The number of nitrogens with zero attached hydrogens (tertiary/aromatic N) is 2. The Bertz CT molecular complexity index is 806. The van der Waals surface area contributed by atoms with E-state index in [4.69, 9.17) is 0 Å². The van der Waals surface area contributed by atoms with Crippen molar-refractivity contribution in [3.63, 3.8) is 0 Å². The molecule has 1 saturated heterocycles. The highest BCUT2D eigenvalue weighted by Gasteiger charge is 2.18. The number of para-hydroxylation sites is 1. The van der Waals surface area contributed by atoms with E-state index in [0.29, 0.717) is 24.0 Å². The van der Waals surface area contributed by atoms with Crippen molar-refractivity contribution in [3.05, 3.63) is 45.1 Å². The molecule has 1 aliphatic rings. The predicted molar refractivity (Wildman–Crippen MR) is 90.1 cm³/mol. The third-order valence-electron chi connectivity index (χ3n) is 3.88. The molecule has 0 atom stereocenters. The topological polar surface area (TPSA) is 87.2 Å². The van der Waals surface area contributed by atoms with E-state index >= 15 is 0 Å². The van der Waals surface area contributed by atoms with Crippen molar-refractivity contribution < 1.29 is 4.79 Å². The van der Waals surface area contributed by atoms with Gasteiger partial charge < -0.3 is 15.2 Å². The number of H-pyrrole nitrogens is 1. The first-order chi connectivity index (χ1) is 10.7. The minimum atomic E-state index is -0.551. The molecule has 2 heterocycles. The summed E-state index contributed by atoms with van der Waals surface area (Å²) in [6, 6.07) is 6.79. The van der Waals surface area contributed by atoms with Crippen LogP contribution in [0.2, 0.25) is 0 Å². The third-order valence-corrected chi connectivity index (χ3v) is 3.88. The Hall–Kier alpha value is -2.12. The Morgan fingerprint density at radius 1 is 1.13 bits per heavy atom. The second kappa shape index (κ2) is 7.43. The second-order valence-electron chi connectivity index (χ2n) is 5.35. The van der Waals surface area contributed by atoms with Gasteiger partial charge in [0, 0.05) is 19.6 Å². The van der Waals surface area contributed by atoms with Gasteiger partial charge in [0.1, 0.15) is 6.54 Å². The van der Waals surface area contributed by atoms with Crippen LogP contribution in [-0.2, 0) is 11.3 Å². The van der Waals surface area contributed by atoms with Gasteiger partial charge in [0.15, 0.2) is 0 Å². The van der Waals surface area contributed by atoms with Crippen LogP contribution < -0.4 is 16.6 Å². The molecule has 0 unspecified atom stereocenters. The fourth-order valence-corrected chi connectivity index (χ4v) is 2.67. The first-order valence-corrected chi connectivity index (χ1v) is 7.37. The number of fused-ring (bicyclic) bond motifs is 1. The zero-order valence-electron chi connectivity index (χ0n) is 12.6. The highest BCUT2D eigenvalue weighted by Crippen LogP contribution is 2.03. The van der Waals surface area contributed by atoms with Gasteiger partial charge in [0.05, 0.1) is 10.9 Å². The third kappa shape index (κ3) is 3.62. The zero-order chi connectivity index (χ0) is 15.5. The molecule has 1 aromatic heterocycles. The molecule has 0 aliphatic carbocycles. The summed E-state index contributed by atoms with van der Waals surface area (Å²) >= 11 is 0. The Balaban J connectivity index is 0.00000192. The van der Waals surface area contributed by atoms with Crippen molar-refractivity contribution in [2.75, 3.05) is 26.2 Å². The molecule has 7 nitrogen and oxygen atoms in total. The number of halogens is 1. The lowest BCUT2D eigenvalue weighted by atomic mass is 10.2. The van der Waals surface area contributed by atoms with E-state index in [0.717, 1.165) is 24.1 Å². The van der Waals surface area contributed by atoms with Crippen LogP contribution in [-0.4, -0.2) is 46.5 Å². The van der Waals surface area contributed by atoms with Crippen LogP contribution >= 0.6 is 12.4 Å². The molecule has 0 radical (unpaired) electrons. The summed E-state index contributed by atoms with van der Waals surface area (Å²) < 4.78 is 0.975. The molecule has 8 heteroatoms. The Kier molecular flexibility index (Phi) is 5.57. The lowest BCUT2D eigenvalue weighted by molar-refractivity contribution is -0.131. The SMILES string of the molecule is Cl.O=C(Cn1c(=O)[nH]c2ccccc2c1=O)N1CCCNCC1. The number of benzene rings is 1. The van der Waals surface area contributed by atoms with Gasteiger partial charge in [-0.3, -0.25) is 14.2 Å². The predicted octanol–water partition coefficient (Wildman–Crippen LogP) is -0.0665.